The summed E-state index contributed by atoms with van der Waals surface area (Å²) >= 11 is 0. The zero-order chi connectivity index (χ0) is 14.5. The number of hydrogen-bond acceptors (Lipinski definition) is 5. The van der Waals surface area contributed by atoms with Gasteiger partial charge in [-0.1, -0.05) is 0 Å². The van der Waals surface area contributed by atoms with Crippen molar-refractivity contribution in [1.29, 1.82) is 0 Å². The Hall–Kier alpha value is -2.63. The molecule has 20 heavy (non-hydrogen) atoms. The van der Waals surface area contributed by atoms with Crippen molar-refractivity contribution in [2.75, 3.05) is 25.1 Å². The predicted molar refractivity (Wildman–Crippen MR) is 78.2 cm³/mol. The molecule has 1 amide bonds. The molecule has 0 aliphatic carbocycles. The lowest BCUT2D eigenvalue weighted by Gasteiger charge is -2.13. The summed E-state index contributed by atoms with van der Waals surface area (Å²) in [6.07, 6.45) is 3.19. The molecule has 1 aromatic heterocycles. The standard InChI is InChI=1S/C14H17N5O/c1-19(2)14(20)10-3-4-13(12(15)7-10)17-8-11-5-6-16-9-18-11/h3-7,9,17H,8,15H2,1-2H3. The van der Waals surface area contributed by atoms with Crippen LogP contribution < -0.4 is 11.1 Å². The van der Waals surface area contributed by atoms with E-state index in [0.29, 0.717) is 17.8 Å². The normalized spacial score (nSPS) is 10.1. The van der Waals surface area contributed by atoms with Crippen molar-refractivity contribution in [3.05, 3.63) is 48.0 Å². The van der Waals surface area contributed by atoms with Crippen LogP contribution in [0, 0.1) is 0 Å². The van der Waals surface area contributed by atoms with Gasteiger partial charge in [-0.05, 0) is 24.3 Å². The van der Waals surface area contributed by atoms with E-state index < -0.39 is 0 Å². The molecule has 2 rings (SSSR count). The summed E-state index contributed by atoms with van der Waals surface area (Å²) in [6, 6.07) is 7.05. The molecule has 6 heteroatoms. The number of hydrogen-bond donors (Lipinski definition) is 2. The molecule has 6 nitrogen and oxygen atoms in total. The van der Waals surface area contributed by atoms with Crippen LogP contribution in [0.4, 0.5) is 11.4 Å². The predicted octanol–water partition coefficient (Wildman–Crippen LogP) is 1.37. The first-order valence-electron chi connectivity index (χ1n) is 6.18. The molecular weight excluding hydrogens is 254 g/mol. The molecule has 0 spiro atoms. The lowest BCUT2D eigenvalue weighted by Crippen LogP contribution is -2.21. The van der Waals surface area contributed by atoms with Crippen molar-refractivity contribution < 1.29 is 4.79 Å². The molecule has 0 bridgehead atoms. The topological polar surface area (TPSA) is 84.1 Å². The Morgan fingerprint density at radius 2 is 2.15 bits per heavy atom. The number of nitrogens with two attached hydrogens (primary N) is 1. The van der Waals surface area contributed by atoms with E-state index in [1.807, 2.05) is 6.07 Å². The van der Waals surface area contributed by atoms with Gasteiger partial charge < -0.3 is 16.0 Å². The Labute approximate surface area is 117 Å². The van der Waals surface area contributed by atoms with Gasteiger partial charge in [0.15, 0.2) is 0 Å². The summed E-state index contributed by atoms with van der Waals surface area (Å²) < 4.78 is 0. The molecule has 2 aromatic rings. The molecule has 0 saturated heterocycles. The monoisotopic (exact) mass is 271 g/mol. The number of anilines is 2. The first-order valence-corrected chi connectivity index (χ1v) is 6.18. The molecule has 3 N–H and O–H groups in total. The van der Waals surface area contributed by atoms with Crippen LogP contribution in [0.1, 0.15) is 16.1 Å². The molecule has 0 saturated carbocycles. The molecule has 0 aliphatic heterocycles. The smallest absolute Gasteiger partial charge is 0.253 e. The molecule has 104 valence electrons. The van der Waals surface area contributed by atoms with Gasteiger partial charge in [0.25, 0.3) is 5.91 Å². The van der Waals surface area contributed by atoms with E-state index in [2.05, 4.69) is 15.3 Å². The fourth-order valence-corrected chi connectivity index (χ4v) is 1.72. The second-order valence-electron chi connectivity index (χ2n) is 4.56. The van der Waals surface area contributed by atoms with E-state index in [9.17, 15) is 4.79 Å². The van der Waals surface area contributed by atoms with Crippen molar-refractivity contribution in [3.8, 4) is 0 Å². The van der Waals surface area contributed by atoms with Crippen molar-refractivity contribution in [3.63, 3.8) is 0 Å². The van der Waals surface area contributed by atoms with Gasteiger partial charge in [-0.2, -0.15) is 0 Å². The van der Waals surface area contributed by atoms with Gasteiger partial charge in [0.1, 0.15) is 6.33 Å². The minimum absolute atomic E-state index is 0.0703. The van der Waals surface area contributed by atoms with Crippen LogP contribution in [0.15, 0.2) is 36.8 Å². The van der Waals surface area contributed by atoms with Crippen LogP contribution in [0.2, 0.25) is 0 Å². The van der Waals surface area contributed by atoms with Crippen LogP contribution >= 0.6 is 0 Å². The van der Waals surface area contributed by atoms with Crippen LogP contribution in [0.3, 0.4) is 0 Å². The van der Waals surface area contributed by atoms with Crippen molar-refractivity contribution in [2.45, 2.75) is 6.54 Å². The SMILES string of the molecule is CN(C)C(=O)c1ccc(NCc2ccncn2)c(N)c1. The summed E-state index contributed by atoms with van der Waals surface area (Å²) in [7, 11) is 3.42. The van der Waals surface area contributed by atoms with E-state index in [1.54, 1.807) is 38.5 Å². The number of amides is 1. The summed E-state index contributed by atoms with van der Waals surface area (Å²) in [5.41, 5.74) is 8.71. The largest absolute Gasteiger partial charge is 0.397 e. The van der Waals surface area contributed by atoms with Gasteiger partial charge in [0, 0.05) is 25.9 Å². The second-order valence-corrected chi connectivity index (χ2v) is 4.56. The maximum atomic E-state index is 11.8. The molecule has 1 aromatic carbocycles. The Morgan fingerprint density at radius 3 is 2.75 bits per heavy atom. The fraction of sp³-hybridized carbons (Fsp3) is 0.214. The third-order valence-electron chi connectivity index (χ3n) is 2.81. The Kier molecular flexibility index (Phi) is 4.14. The number of rotatable bonds is 4. The molecule has 1 heterocycles. The summed E-state index contributed by atoms with van der Waals surface area (Å²) in [5.74, 6) is -0.0703. The number of nitrogen functional groups attached to an aromatic ring is 1. The third-order valence-corrected chi connectivity index (χ3v) is 2.81. The van der Waals surface area contributed by atoms with Gasteiger partial charge >= 0.3 is 0 Å². The van der Waals surface area contributed by atoms with Gasteiger partial charge in [0.05, 0.1) is 23.6 Å². The van der Waals surface area contributed by atoms with Gasteiger partial charge in [-0.15, -0.1) is 0 Å². The zero-order valence-electron chi connectivity index (χ0n) is 11.5. The summed E-state index contributed by atoms with van der Waals surface area (Å²) in [6.45, 7) is 0.549. The number of aromatic nitrogens is 2. The minimum Gasteiger partial charge on any atom is -0.397 e. The van der Waals surface area contributed by atoms with E-state index in [1.165, 1.54) is 11.2 Å². The van der Waals surface area contributed by atoms with E-state index in [4.69, 9.17) is 5.73 Å². The van der Waals surface area contributed by atoms with Gasteiger partial charge in [-0.25, -0.2) is 9.97 Å². The van der Waals surface area contributed by atoms with Crippen molar-refractivity contribution >= 4 is 17.3 Å². The molecule has 0 atom stereocenters. The van der Waals surface area contributed by atoms with Crippen molar-refractivity contribution in [2.24, 2.45) is 0 Å². The molecule has 0 radical (unpaired) electrons. The number of carbonyl (C=O) groups is 1. The zero-order valence-corrected chi connectivity index (χ0v) is 11.5. The fourth-order valence-electron chi connectivity index (χ4n) is 1.72. The van der Waals surface area contributed by atoms with Gasteiger partial charge in [0.2, 0.25) is 0 Å². The molecule has 0 fully saturated rings. The Bertz CT molecular complexity index is 598. The minimum atomic E-state index is -0.0703. The molecule has 0 aliphatic rings. The van der Waals surface area contributed by atoms with Crippen LogP contribution in [0.5, 0.6) is 0 Å². The highest BCUT2D eigenvalue weighted by molar-refractivity contribution is 5.95. The first kappa shape index (κ1) is 13.8. The molecule has 0 unspecified atom stereocenters. The van der Waals surface area contributed by atoms with Crippen LogP contribution in [-0.4, -0.2) is 34.9 Å². The maximum Gasteiger partial charge on any atom is 0.253 e. The third kappa shape index (κ3) is 3.23. The van der Waals surface area contributed by atoms with E-state index in [-0.39, 0.29) is 5.91 Å². The summed E-state index contributed by atoms with van der Waals surface area (Å²) in [4.78, 5) is 21.3. The average molecular weight is 271 g/mol. The highest BCUT2D eigenvalue weighted by Crippen LogP contribution is 2.21. The van der Waals surface area contributed by atoms with Gasteiger partial charge in [-0.3, -0.25) is 4.79 Å². The number of nitrogens with zero attached hydrogens (tertiary/aromatic N) is 3. The first-order chi connectivity index (χ1) is 9.58. The maximum absolute atomic E-state index is 11.8. The number of carbonyl (C=O) groups excluding carboxylic acids is 1. The quantitative estimate of drug-likeness (QED) is 0.820. The second kappa shape index (κ2) is 6.01. The molecular formula is C14H17N5O. The van der Waals surface area contributed by atoms with Crippen LogP contribution in [-0.2, 0) is 6.54 Å². The van der Waals surface area contributed by atoms with E-state index in [0.717, 1.165) is 11.4 Å². The highest BCUT2D eigenvalue weighted by atomic mass is 16.2. The Morgan fingerprint density at radius 1 is 1.35 bits per heavy atom. The van der Waals surface area contributed by atoms with Crippen LogP contribution in [0.25, 0.3) is 0 Å². The Balaban J connectivity index is 2.08. The van der Waals surface area contributed by atoms with E-state index >= 15 is 0 Å². The summed E-state index contributed by atoms with van der Waals surface area (Å²) in [5, 5.41) is 3.18. The number of benzene rings is 1. The van der Waals surface area contributed by atoms with Crippen molar-refractivity contribution in [1.82, 2.24) is 14.9 Å². The average Bonchev–Trinajstić information content (AvgIpc) is 2.46. The number of nitrogens with one attached hydrogen (secondary N) is 1. The highest BCUT2D eigenvalue weighted by Gasteiger charge is 2.09. The lowest BCUT2D eigenvalue weighted by molar-refractivity contribution is 0.0827. The lowest BCUT2D eigenvalue weighted by atomic mass is 10.1.